The second-order valence-corrected chi connectivity index (χ2v) is 10.0. The number of amidine groups is 1. The summed E-state index contributed by atoms with van der Waals surface area (Å²) >= 11 is 1.22. The molecule has 1 saturated heterocycles. The second-order valence-electron chi connectivity index (χ2n) is 8.85. The third-order valence-corrected chi connectivity index (χ3v) is 7.14. The summed E-state index contributed by atoms with van der Waals surface area (Å²) in [4.78, 5) is 44.5. The SMILES string of the molecule is CCOC(=O)c1ccc(N=C2SC(CC(=O)Nc3cccc(OCC)c3)C(=O)N2CCc2ccc(F)cc2)cc1. The molecule has 1 aliphatic rings. The molecule has 0 aliphatic carbocycles. The van der Waals surface area contributed by atoms with Gasteiger partial charge in [0.15, 0.2) is 5.17 Å². The summed E-state index contributed by atoms with van der Waals surface area (Å²) in [6, 6.07) is 19.8. The highest BCUT2D eigenvalue weighted by Gasteiger charge is 2.39. The number of esters is 1. The first-order valence-electron chi connectivity index (χ1n) is 13.0. The van der Waals surface area contributed by atoms with Crippen LogP contribution < -0.4 is 10.1 Å². The number of benzene rings is 3. The van der Waals surface area contributed by atoms with E-state index < -0.39 is 11.2 Å². The Morgan fingerprint density at radius 2 is 1.77 bits per heavy atom. The van der Waals surface area contributed by atoms with Crippen LogP contribution in [0, 0.1) is 5.82 Å². The Morgan fingerprint density at radius 1 is 1.02 bits per heavy atom. The van der Waals surface area contributed by atoms with Crippen molar-refractivity contribution < 1.29 is 28.2 Å². The molecule has 0 aromatic heterocycles. The van der Waals surface area contributed by atoms with E-state index >= 15 is 0 Å². The number of nitrogens with one attached hydrogen (secondary N) is 1. The first kappa shape index (κ1) is 28.8. The van der Waals surface area contributed by atoms with Crippen molar-refractivity contribution in [3.8, 4) is 5.75 Å². The minimum atomic E-state index is -0.666. The Hall–Kier alpha value is -4.18. The number of ether oxygens (including phenoxy) is 2. The van der Waals surface area contributed by atoms with Crippen LogP contribution in [0.4, 0.5) is 15.8 Å². The lowest BCUT2D eigenvalue weighted by molar-refractivity contribution is -0.128. The molecule has 0 bridgehead atoms. The van der Waals surface area contributed by atoms with E-state index in [9.17, 15) is 18.8 Å². The first-order chi connectivity index (χ1) is 19.4. The predicted molar refractivity (Wildman–Crippen MR) is 154 cm³/mol. The fraction of sp³-hybridized carbons (Fsp3) is 0.267. The number of thioether (sulfide) groups is 1. The summed E-state index contributed by atoms with van der Waals surface area (Å²) in [7, 11) is 0. The van der Waals surface area contributed by atoms with E-state index in [2.05, 4.69) is 10.3 Å². The predicted octanol–water partition coefficient (Wildman–Crippen LogP) is 5.60. The summed E-state index contributed by atoms with van der Waals surface area (Å²) in [6.07, 6.45) is 0.437. The van der Waals surface area contributed by atoms with Gasteiger partial charge in [0.25, 0.3) is 0 Å². The number of rotatable bonds is 11. The zero-order valence-electron chi connectivity index (χ0n) is 22.3. The summed E-state index contributed by atoms with van der Waals surface area (Å²) < 4.78 is 23.9. The van der Waals surface area contributed by atoms with Gasteiger partial charge in [0.2, 0.25) is 11.8 Å². The number of nitrogens with zero attached hydrogens (tertiary/aromatic N) is 2. The standard InChI is InChI=1S/C30H30FN3O5S/c1-3-38-25-7-5-6-24(18-25)32-27(35)19-26-28(36)34(17-16-20-8-12-22(31)13-9-20)30(40-26)33-23-14-10-21(11-15-23)29(37)39-4-2/h5-15,18,26H,3-4,16-17,19H2,1-2H3,(H,32,35). The van der Waals surface area contributed by atoms with E-state index in [4.69, 9.17) is 9.47 Å². The van der Waals surface area contributed by atoms with E-state index in [-0.39, 0.29) is 30.7 Å². The Bertz CT molecular complexity index is 1380. The molecule has 4 rings (SSSR count). The van der Waals surface area contributed by atoms with Crippen molar-refractivity contribution in [2.45, 2.75) is 31.9 Å². The molecule has 1 fully saturated rings. The number of amides is 2. The maximum absolute atomic E-state index is 13.4. The summed E-state index contributed by atoms with van der Waals surface area (Å²) in [5.74, 6) is -0.652. The smallest absolute Gasteiger partial charge is 0.338 e. The molecule has 208 valence electrons. The lowest BCUT2D eigenvalue weighted by Gasteiger charge is -2.16. The molecule has 10 heteroatoms. The van der Waals surface area contributed by atoms with Crippen molar-refractivity contribution in [1.82, 2.24) is 4.90 Å². The molecule has 3 aromatic rings. The van der Waals surface area contributed by atoms with Gasteiger partial charge in [0.05, 0.1) is 24.5 Å². The zero-order chi connectivity index (χ0) is 28.5. The fourth-order valence-corrected chi connectivity index (χ4v) is 5.21. The minimum Gasteiger partial charge on any atom is -0.494 e. The third kappa shape index (κ3) is 7.69. The van der Waals surface area contributed by atoms with Gasteiger partial charge < -0.3 is 14.8 Å². The van der Waals surface area contributed by atoms with Crippen molar-refractivity contribution in [3.05, 3.63) is 89.7 Å². The van der Waals surface area contributed by atoms with Crippen LogP contribution in [0.1, 0.15) is 36.2 Å². The van der Waals surface area contributed by atoms with Gasteiger partial charge in [-0.05, 0) is 74.4 Å². The van der Waals surface area contributed by atoms with E-state index in [0.717, 1.165) is 5.56 Å². The number of carbonyl (C=O) groups excluding carboxylic acids is 3. The van der Waals surface area contributed by atoms with Crippen LogP contribution in [0.5, 0.6) is 5.75 Å². The molecule has 1 heterocycles. The molecule has 2 amide bonds. The van der Waals surface area contributed by atoms with Gasteiger partial charge in [-0.15, -0.1) is 0 Å². The molecule has 1 atom stereocenters. The van der Waals surface area contributed by atoms with E-state index in [0.29, 0.717) is 47.4 Å². The van der Waals surface area contributed by atoms with Gasteiger partial charge in [0.1, 0.15) is 16.8 Å². The highest BCUT2D eigenvalue weighted by atomic mass is 32.2. The van der Waals surface area contributed by atoms with Gasteiger partial charge in [-0.3, -0.25) is 14.5 Å². The van der Waals surface area contributed by atoms with Crippen LogP contribution in [0.15, 0.2) is 77.8 Å². The third-order valence-electron chi connectivity index (χ3n) is 5.96. The van der Waals surface area contributed by atoms with Crippen LogP contribution in [0.25, 0.3) is 0 Å². The number of anilines is 1. The van der Waals surface area contributed by atoms with Gasteiger partial charge in [-0.1, -0.05) is 30.0 Å². The van der Waals surface area contributed by atoms with Gasteiger partial charge in [-0.25, -0.2) is 14.2 Å². The second kappa shape index (κ2) is 13.7. The van der Waals surface area contributed by atoms with Crippen molar-refractivity contribution in [2.24, 2.45) is 4.99 Å². The minimum absolute atomic E-state index is 0.0454. The average molecular weight is 564 g/mol. The molecular formula is C30H30FN3O5S. The molecule has 0 radical (unpaired) electrons. The lowest BCUT2D eigenvalue weighted by atomic mass is 10.1. The largest absolute Gasteiger partial charge is 0.494 e. The van der Waals surface area contributed by atoms with Crippen LogP contribution in [0.3, 0.4) is 0 Å². The first-order valence-corrected chi connectivity index (χ1v) is 13.8. The Labute approximate surface area is 236 Å². The lowest BCUT2D eigenvalue weighted by Crippen LogP contribution is -2.35. The Balaban J connectivity index is 1.50. The van der Waals surface area contributed by atoms with Crippen molar-refractivity contribution >= 4 is 46.1 Å². The quantitative estimate of drug-likeness (QED) is 0.305. The molecule has 1 N–H and O–H groups in total. The summed E-state index contributed by atoms with van der Waals surface area (Å²) in [5, 5.41) is 2.62. The molecule has 0 saturated carbocycles. The highest BCUT2D eigenvalue weighted by Crippen LogP contribution is 2.32. The van der Waals surface area contributed by atoms with E-state index in [1.54, 1.807) is 72.5 Å². The van der Waals surface area contributed by atoms with Gasteiger partial charge in [-0.2, -0.15) is 0 Å². The van der Waals surface area contributed by atoms with E-state index in [1.165, 1.54) is 23.9 Å². The van der Waals surface area contributed by atoms with Crippen molar-refractivity contribution in [2.75, 3.05) is 25.1 Å². The monoisotopic (exact) mass is 563 g/mol. The number of hydrogen-bond donors (Lipinski definition) is 1. The molecule has 8 nitrogen and oxygen atoms in total. The number of carbonyl (C=O) groups is 3. The molecule has 0 spiro atoms. The summed E-state index contributed by atoms with van der Waals surface area (Å²) in [5.41, 5.74) is 2.40. The van der Waals surface area contributed by atoms with Crippen molar-refractivity contribution in [1.29, 1.82) is 0 Å². The van der Waals surface area contributed by atoms with Crippen LogP contribution in [0.2, 0.25) is 0 Å². The normalized spacial score (nSPS) is 15.8. The van der Waals surface area contributed by atoms with Gasteiger partial charge >= 0.3 is 5.97 Å². The van der Waals surface area contributed by atoms with E-state index in [1.807, 2.05) is 6.92 Å². The fourth-order valence-electron chi connectivity index (χ4n) is 4.03. The van der Waals surface area contributed by atoms with Crippen molar-refractivity contribution in [3.63, 3.8) is 0 Å². The molecule has 3 aromatic carbocycles. The van der Waals surface area contributed by atoms with Crippen LogP contribution in [-0.4, -0.2) is 52.9 Å². The van der Waals surface area contributed by atoms with Crippen LogP contribution in [-0.2, 0) is 20.7 Å². The maximum atomic E-state index is 13.4. The number of aliphatic imine (C=N–C) groups is 1. The molecule has 40 heavy (non-hydrogen) atoms. The zero-order valence-corrected chi connectivity index (χ0v) is 23.1. The molecular weight excluding hydrogens is 533 g/mol. The number of halogens is 1. The maximum Gasteiger partial charge on any atom is 0.338 e. The highest BCUT2D eigenvalue weighted by molar-refractivity contribution is 8.15. The number of hydrogen-bond acceptors (Lipinski definition) is 7. The topological polar surface area (TPSA) is 97.3 Å². The molecule has 1 unspecified atom stereocenters. The molecule has 1 aliphatic heterocycles. The Kier molecular flexibility index (Phi) is 9.91. The van der Waals surface area contributed by atoms with Gasteiger partial charge in [0, 0.05) is 24.7 Å². The van der Waals surface area contributed by atoms with Crippen LogP contribution >= 0.6 is 11.8 Å². The Morgan fingerprint density at radius 3 is 2.48 bits per heavy atom. The average Bonchev–Trinajstić information content (AvgIpc) is 3.22. The summed E-state index contributed by atoms with van der Waals surface area (Å²) in [6.45, 7) is 4.71.